The number of aromatic nitrogens is 5. The molecule has 140 valence electrons. The Kier molecular flexibility index (Phi) is 3.93. The fourth-order valence-electron chi connectivity index (χ4n) is 3.78. The number of pyridine rings is 2. The summed E-state index contributed by atoms with van der Waals surface area (Å²) in [4.78, 5) is 23.5. The first-order valence-electron chi connectivity index (χ1n) is 9.36. The van der Waals surface area contributed by atoms with E-state index < -0.39 is 0 Å². The van der Waals surface area contributed by atoms with Crippen LogP contribution in [0.15, 0.2) is 61.2 Å². The first-order valence-corrected chi connectivity index (χ1v) is 9.36. The molecule has 4 aromatic heterocycles. The Morgan fingerprint density at radius 1 is 1.14 bits per heavy atom. The third kappa shape index (κ3) is 2.85. The summed E-state index contributed by atoms with van der Waals surface area (Å²) < 4.78 is 3.68. The van der Waals surface area contributed by atoms with Crippen LogP contribution < -0.4 is 0 Å². The molecule has 1 saturated heterocycles. The third-order valence-corrected chi connectivity index (χ3v) is 5.35. The lowest BCUT2D eigenvalue weighted by molar-refractivity contribution is 0.0781. The molecule has 7 heteroatoms. The fourth-order valence-corrected chi connectivity index (χ4v) is 3.78. The van der Waals surface area contributed by atoms with Crippen molar-refractivity contribution in [3.63, 3.8) is 0 Å². The highest BCUT2D eigenvalue weighted by Gasteiger charge is 2.31. The normalized spacial score (nSPS) is 16.8. The van der Waals surface area contributed by atoms with E-state index in [-0.39, 0.29) is 11.8 Å². The number of fused-ring (bicyclic) bond motifs is 1. The Morgan fingerprint density at radius 3 is 2.86 bits per heavy atom. The van der Waals surface area contributed by atoms with Gasteiger partial charge in [0.05, 0.1) is 0 Å². The molecule has 5 rings (SSSR count). The lowest BCUT2D eigenvalue weighted by Gasteiger charge is -2.16. The standard InChI is InChI=1S/C21H20N6O/c1-25-10-3-5-18(25)21(28)26-11-8-17(13-26)20-23-19-7-6-16(14-27(19)24-20)15-4-2-9-22-12-15/h2-7,9-10,12,14,17H,8,11,13H2,1H3/t17-/m0/s1. The van der Waals surface area contributed by atoms with Gasteiger partial charge in [-0.2, -0.15) is 5.10 Å². The molecule has 1 fully saturated rings. The topological polar surface area (TPSA) is 68.3 Å². The number of aryl methyl sites for hydroxylation is 1. The summed E-state index contributed by atoms with van der Waals surface area (Å²) >= 11 is 0. The fraction of sp³-hybridized carbons (Fsp3) is 0.238. The maximum atomic E-state index is 12.7. The van der Waals surface area contributed by atoms with Crippen molar-refractivity contribution in [3.8, 4) is 11.1 Å². The Hall–Kier alpha value is -3.48. The van der Waals surface area contributed by atoms with Crippen LogP contribution in [0.1, 0.15) is 28.7 Å². The van der Waals surface area contributed by atoms with Crippen LogP contribution in [0.4, 0.5) is 0 Å². The zero-order valence-electron chi connectivity index (χ0n) is 15.6. The van der Waals surface area contributed by atoms with Gasteiger partial charge in [-0.1, -0.05) is 6.07 Å². The largest absolute Gasteiger partial charge is 0.347 e. The number of hydrogen-bond acceptors (Lipinski definition) is 4. The minimum atomic E-state index is 0.0672. The van der Waals surface area contributed by atoms with Crippen LogP contribution in [0.3, 0.4) is 0 Å². The van der Waals surface area contributed by atoms with Gasteiger partial charge in [0.15, 0.2) is 11.5 Å². The first-order chi connectivity index (χ1) is 13.7. The molecule has 0 unspecified atom stereocenters. The van der Waals surface area contributed by atoms with Crippen LogP contribution in [0.2, 0.25) is 0 Å². The van der Waals surface area contributed by atoms with E-state index in [4.69, 9.17) is 10.1 Å². The molecule has 28 heavy (non-hydrogen) atoms. The summed E-state index contributed by atoms with van der Waals surface area (Å²) in [5.74, 6) is 1.02. The second-order valence-corrected chi connectivity index (χ2v) is 7.17. The minimum absolute atomic E-state index is 0.0672. The lowest BCUT2D eigenvalue weighted by Crippen LogP contribution is -2.30. The van der Waals surface area contributed by atoms with Crippen molar-refractivity contribution in [1.29, 1.82) is 0 Å². The number of carbonyl (C=O) groups is 1. The van der Waals surface area contributed by atoms with E-state index in [9.17, 15) is 4.79 Å². The summed E-state index contributed by atoms with van der Waals surface area (Å²) in [6.07, 6.45) is 8.35. The molecule has 0 radical (unpaired) electrons. The summed E-state index contributed by atoms with van der Waals surface area (Å²) in [6.45, 7) is 1.38. The molecular weight excluding hydrogens is 352 g/mol. The van der Waals surface area contributed by atoms with Crippen molar-refractivity contribution in [2.75, 3.05) is 13.1 Å². The summed E-state index contributed by atoms with van der Waals surface area (Å²) in [7, 11) is 1.89. The molecule has 1 atom stereocenters. The second-order valence-electron chi connectivity index (χ2n) is 7.17. The van der Waals surface area contributed by atoms with Gasteiger partial charge in [0.25, 0.3) is 5.91 Å². The Morgan fingerprint density at radius 2 is 2.07 bits per heavy atom. The van der Waals surface area contributed by atoms with E-state index in [2.05, 4.69) is 4.98 Å². The zero-order chi connectivity index (χ0) is 19.1. The van der Waals surface area contributed by atoms with Crippen molar-refractivity contribution >= 4 is 11.6 Å². The zero-order valence-corrected chi connectivity index (χ0v) is 15.6. The number of carbonyl (C=O) groups excluding carboxylic acids is 1. The van der Waals surface area contributed by atoms with Crippen molar-refractivity contribution in [2.24, 2.45) is 7.05 Å². The van der Waals surface area contributed by atoms with E-state index in [1.807, 2.05) is 76.0 Å². The van der Waals surface area contributed by atoms with E-state index in [0.29, 0.717) is 12.2 Å². The third-order valence-electron chi connectivity index (χ3n) is 5.35. The van der Waals surface area contributed by atoms with Gasteiger partial charge in [0, 0.05) is 62.0 Å². The molecular formula is C21H20N6O. The molecule has 7 nitrogen and oxygen atoms in total. The smallest absolute Gasteiger partial charge is 0.270 e. The summed E-state index contributed by atoms with van der Waals surface area (Å²) in [5, 5.41) is 4.70. The van der Waals surface area contributed by atoms with Crippen LogP contribution in [-0.2, 0) is 7.05 Å². The number of hydrogen-bond donors (Lipinski definition) is 0. The van der Waals surface area contributed by atoms with Crippen LogP contribution in [0, 0.1) is 0 Å². The number of amides is 1. The Bertz CT molecular complexity index is 1150. The van der Waals surface area contributed by atoms with E-state index >= 15 is 0 Å². The monoisotopic (exact) mass is 372 g/mol. The predicted octanol–water partition coefficient (Wildman–Crippen LogP) is 2.76. The van der Waals surface area contributed by atoms with Crippen molar-refractivity contribution in [3.05, 3.63) is 72.7 Å². The average molecular weight is 372 g/mol. The minimum Gasteiger partial charge on any atom is -0.347 e. The van der Waals surface area contributed by atoms with Crippen molar-refractivity contribution in [1.82, 2.24) is 29.0 Å². The first kappa shape index (κ1) is 16.7. The maximum Gasteiger partial charge on any atom is 0.270 e. The Balaban J connectivity index is 1.38. The highest BCUT2D eigenvalue weighted by molar-refractivity contribution is 5.93. The van der Waals surface area contributed by atoms with E-state index in [1.165, 1.54) is 0 Å². The number of rotatable bonds is 3. The van der Waals surface area contributed by atoms with Crippen LogP contribution in [0.25, 0.3) is 16.8 Å². The quantitative estimate of drug-likeness (QED) is 0.555. The van der Waals surface area contributed by atoms with Gasteiger partial charge in [-0.3, -0.25) is 9.78 Å². The van der Waals surface area contributed by atoms with Gasteiger partial charge in [0.1, 0.15) is 5.69 Å². The van der Waals surface area contributed by atoms with Crippen molar-refractivity contribution < 1.29 is 4.79 Å². The molecule has 0 spiro atoms. The van der Waals surface area contributed by atoms with Gasteiger partial charge in [0.2, 0.25) is 0 Å². The predicted molar refractivity (Wildman–Crippen MR) is 105 cm³/mol. The van der Waals surface area contributed by atoms with Crippen LogP contribution in [-0.4, -0.2) is 48.0 Å². The molecule has 1 aliphatic rings. The van der Waals surface area contributed by atoms with E-state index in [0.717, 1.165) is 35.6 Å². The van der Waals surface area contributed by atoms with Gasteiger partial charge in [-0.05, 0) is 36.8 Å². The van der Waals surface area contributed by atoms with Gasteiger partial charge in [-0.25, -0.2) is 9.50 Å². The summed E-state index contributed by atoms with van der Waals surface area (Å²) in [6, 6.07) is 11.7. The molecule has 0 bridgehead atoms. The molecule has 5 heterocycles. The molecule has 0 N–H and O–H groups in total. The second kappa shape index (κ2) is 6.60. The van der Waals surface area contributed by atoms with Crippen LogP contribution >= 0.6 is 0 Å². The molecule has 1 amide bonds. The highest BCUT2D eigenvalue weighted by Crippen LogP contribution is 2.27. The van der Waals surface area contributed by atoms with Gasteiger partial charge in [-0.15, -0.1) is 0 Å². The maximum absolute atomic E-state index is 12.7. The molecule has 4 aromatic rings. The molecule has 0 saturated carbocycles. The van der Waals surface area contributed by atoms with E-state index in [1.54, 1.807) is 6.20 Å². The number of nitrogens with zero attached hydrogens (tertiary/aromatic N) is 6. The molecule has 1 aliphatic heterocycles. The highest BCUT2D eigenvalue weighted by atomic mass is 16.2. The average Bonchev–Trinajstić information content (AvgIpc) is 3.46. The molecule has 0 aromatic carbocycles. The lowest BCUT2D eigenvalue weighted by atomic mass is 10.1. The van der Waals surface area contributed by atoms with Crippen molar-refractivity contribution in [2.45, 2.75) is 12.3 Å². The number of likely N-dealkylation sites (tertiary alicyclic amines) is 1. The Labute approximate surface area is 162 Å². The molecule has 0 aliphatic carbocycles. The van der Waals surface area contributed by atoms with Gasteiger partial charge < -0.3 is 9.47 Å². The van der Waals surface area contributed by atoms with Crippen LogP contribution in [0.5, 0.6) is 0 Å². The van der Waals surface area contributed by atoms with Gasteiger partial charge >= 0.3 is 0 Å². The SMILES string of the molecule is Cn1cccc1C(=O)N1CC[C@H](c2nc3ccc(-c4cccnc4)cn3n2)C1. The summed E-state index contributed by atoms with van der Waals surface area (Å²) in [5.41, 5.74) is 3.62.